The molecule has 0 aliphatic carbocycles. The van der Waals surface area contributed by atoms with E-state index in [-0.39, 0.29) is 24.0 Å². The summed E-state index contributed by atoms with van der Waals surface area (Å²) >= 11 is 0. The van der Waals surface area contributed by atoms with Gasteiger partial charge in [-0.05, 0) is 85.0 Å². The standard InChI is InChI=1S/C15H20N6O2.2C14H17N7O.CH6N2/c1-5-16-15(23)19-12-9-21-7-6-11(8-13(21)18-12)14(22)17-10(2)20(3)4;1-4-15-14(22)18-11-8-21-6-5-10(7-12(21)17-11)13-16-9(2)20(3)19-13;1-4-15-14(22)18-11-8-21-6-5-10(7-12(21)17-11)13-16-9(2)19-20(13)3;1-3-2/h6-9H,5H2,1-4H3,(H2,16,19,23);2*5-8H,4H2,1-3H3,(H2,15,18,22);3H,2H2,1H3. The maximum absolute atomic E-state index is 12.1. The second-order valence-corrected chi connectivity index (χ2v) is 15.2. The molecule has 0 aromatic carbocycles. The average molecular weight is 961 g/mol. The van der Waals surface area contributed by atoms with Crippen LogP contribution >= 0.6 is 0 Å². The molecule has 0 fully saturated rings. The second-order valence-electron chi connectivity index (χ2n) is 15.2. The summed E-state index contributed by atoms with van der Waals surface area (Å²) in [7, 11) is 9.01. The minimum absolute atomic E-state index is 0.268. The number of pyridine rings is 3. The van der Waals surface area contributed by atoms with Crippen LogP contribution in [0.3, 0.4) is 0 Å². The Morgan fingerprint density at radius 3 is 1.50 bits per heavy atom. The van der Waals surface area contributed by atoms with Gasteiger partial charge in [-0.3, -0.25) is 36.7 Å². The van der Waals surface area contributed by atoms with Crippen molar-refractivity contribution in [3.05, 3.63) is 90.8 Å². The lowest BCUT2D eigenvalue weighted by molar-refractivity contribution is 0.100. The van der Waals surface area contributed by atoms with Gasteiger partial charge in [-0.15, -0.1) is 0 Å². The predicted molar refractivity (Wildman–Crippen MR) is 268 cm³/mol. The van der Waals surface area contributed by atoms with Crippen LogP contribution in [0.1, 0.15) is 49.7 Å². The van der Waals surface area contributed by atoms with Gasteiger partial charge in [0, 0.05) is 83.1 Å². The van der Waals surface area contributed by atoms with E-state index in [0.29, 0.717) is 60.0 Å². The Hall–Kier alpha value is -8.78. The number of aryl methyl sites for hydroxylation is 4. The fraction of sp³-hybridized carbons (Fsp3) is 0.318. The Labute approximate surface area is 403 Å². The number of nitrogens with one attached hydrogen (secondary N) is 7. The number of amidine groups is 1. The maximum Gasteiger partial charge on any atom is 0.320 e. The first-order valence-electron chi connectivity index (χ1n) is 22.0. The molecule has 0 saturated carbocycles. The zero-order valence-electron chi connectivity index (χ0n) is 41.0. The molecule has 0 radical (unpaired) electrons. The molecule has 370 valence electrons. The van der Waals surface area contributed by atoms with Crippen molar-refractivity contribution in [2.45, 2.75) is 41.5 Å². The van der Waals surface area contributed by atoms with Crippen LogP contribution in [-0.2, 0) is 14.1 Å². The highest BCUT2D eigenvalue weighted by molar-refractivity contribution is 6.03. The summed E-state index contributed by atoms with van der Waals surface area (Å²) in [5.74, 6) is 9.29. The fourth-order valence-electron chi connectivity index (χ4n) is 6.16. The molecule has 8 heterocycles. The van der Waals surface area contributed by atoms with Crippen molar-refractivity contribution in [1.82, 2.24) is 84.0 Å². The molecule has 0 aliphatic rings. The number of nitrogens with zero attached hydrogens (tertiary/aromatic N) is 14. The Balaban J connectivity index is 0.000000190. The molecule has 0 atom stereocenters. The van der Waals surface area contributed by atoms with E-state index in [1.54, 1.807) is 69.6 Å². The number of urea groups is 3. The van der Waals surface area contributed by atoms with Gasteiger partial charge in [0.05, 0.1) is 18.6 Å². The molecule has 26 heteroatoms. The predicted octanol–water partition coefficient (Wildman–Crippen LogP) is 3.83. The summed E-state index contributed by atoms with van der Waals surface area (Å²) in [5, 5.41) is 24.6. The molecule has 0 aliphatic heterocycles. The number of carbonyl (C=O) groups is 4. The fourth-order valence-corrected chi connectivity index (χ4v) is 6.16. The Bertz CT molecular complexity index is 3080. The van der Waals surface area contributed by atoms with Crippen LogP contribution in [0, 0.1) is 13.8 Å². The zero-order chi connectivity index (χ0) is 51.1. The van der Waals surface area contributed by atoms with Crippen molar-refractivity contribution < 1.29 is 19.2 Å². The Kier molecular flexibility index (Phi) is 18.1. The maximum atomic E-state index is 12.1. The van der Waals surface area contributed by atoms with Crippen LogP contribution in [0.4, 0.5) is 31.8 Å². The van der Waals surface area contributed by atoms with Crippen LogP contribution < -0.4 is 43.2 Å². The van der Waals surface area contributed by atoms with Gasteiger partial charge in [0.2, 0.25) is 0 Å². The lowest BCUT2D eigenvalue weighted by Crippen LogP contribution is -2.28. The Morgan fingerprint density at radius 2 is 1.09 bits per heavy atom. The van der Waals surface area contributed by atoms with E-state index in [1.807, 2.05) is 108 Å². The summed E-state index contributed by atoms with van der Waals surface area (Å²) in [4.78, 5) is 74.3. The summed E-state index contributed by atoms with van der Waals surface area (Å²) in [5.41, 5.74) is 6.49. The van der Waals surface area contributed by atoms with Gasteiger partial charge < -0.3 is 34.1 Å². The number of carbonyl (C=O) groups excluding carboxylic acids is 4. The highest BCUT2D eigenvalue weighted by atomic mass is 16.2. The smallest absolute Gasteiger partial charge is 0.320 e. The summed E-state index contributed by atoms with van der Waals surface area (Å²) in [6.45, 7) is 12.7. The number of hydrogen-bond acceptors (Lipinski definition) is 13. The summed E-state index contributed by atoms with van der Waals surface area (Å²) in [6.07, 6.45) is 10.6. The van der Waals surface area contributed by atoms with Gasteiger partial charge in [-0.2, -0.15) is 15.2 Å². The van der Waals surface area contributed by atoms with Crippen molar-refractivity contribution in [3.8, 4) is 22.8 Å². The zero-order valence-corrected chi connectivity index (χ0v) is 41.0. The summed E-state index contributed by atoms with van der Waals surface area (Å²) in [6, 6.07) is 10.1. The minimum Gasteiger partial charge on any atom is -0.366 e. The number of aliphatic imine (C=N–C) groups is 1. The van der Waals surface area contributed by atoms with Crippen molar-refractivity contribution in [2.75, 3.05) is 56.7 Å². The number of nitrogens with two attached hydrogens (primary N) is 1. The molecular formula is C44H60N22O4. The van der Waals surface area contributed by atoms with Crippen molar-refractivity contribution in [2.24, 2.45) is 24.9 Å². The topological polar surface area (TPSA) is 307 Å². The minimum atomic E-state index is -0.333. The largest absolute Gasteiger partial charge is 0.366 e. The van der Waals surface area contributed by atoms with E-state index in [0.717, 1.165) is 39.9 Å². The van der Waals surface area contributed by atoms with E-state index in [2.05, 4.69) is 83.3 Å². The van der Waals surface area contributed by atoms with Crippen LogP contribution in [0.15, 0.2) is 78.6 Å². The van der Waals surface area contributed by atoms with Crippen molar-refractivity contribution >= 4 is 64.2 Å². The molecule has 0 saturated heterocycles. The SMILES string of the molecule is CCNC(=O)Nc1cn2ccc(-c3nc(C)n(C)n3)cc2n1.CCNC(=O)Nc1cn2ccc(-c3nc(C)nn3C)cc2n1.CCNC(=O)Nc1cn2ccc(C(=O)N=C(C)N(C)C)cc2n1.CNN. The van der Waals surface area contributed by atoms with E-state index in [9.17, 15) is 19.2 Å². The quantitative estimate of drug-likeness (QED) is 0.0442. The van der Waals surface area contributed by atoms with E-state index >= 15 is 0 Å². The lowest BCUT2D eigenvalue weighted by atomic mass is 10.2. The molecule has 0 spiro atoms. The third-order valence-electron chi connectivity index (χ3n) is 9.64. The molecule has 0 unspecified atom stereocenters. The van der Waals surface area contributed by atoms with E-state index in [1.165, 1.54) is 0 Å². The molecule has 8 aromatic heterocycles. The monoisotopic (exact) mass is 961 g/mol. The van der Waals surface area contributed by atoms with Gasteiger partial charge >= 0.3 is 18.1 Å². The molecule has 9 N–H and O–H groups in total. The van der Waals surface area contributed by atoms with Crippen LogP contribution in [0.25, 0.3) is 39.7 Å². The normalized spacial score (nSPS) is 10.8. The molecular weight excluding hydrogens is 901 g/mol. The highest BCUT2D eigenvalue weighted by Gasteiger charge is 2.13. The van der Waals surface area contributed by atoms with Gasteiger partial charge in [-0.25, -0.2) is 44.0 Å². The van der Waals surface area contributed by atoms with Gasteiger partial charge in [0.25, 0.3) is 5.91 Å². The first kappa shape index (κ1) is 52.2. The molecule has 7 amide bonds. The third-order valence-corrected chi connectivity index (χ3v) is 9.64. The number of aromatic nitrogens is 12. The van der Waals surface area contributed by atoms with Crippen LogP contribution in [0.2, 0.25) is 0 Å². The van der Waals surface area contributed by atoms with Crippen LogP contribution in [0.5, 0.6) is 0 Å². The number of hydrazine groups is 1. The number of fused-ring (bicyclic) bond motifs is 3. The second kappa shape index (κ2) is 24.3. The first-order valence-corrected chi connectivity index (χ1v) is 22.0. The number of hydrogen-bond donors (Lipinski definition) is 8. The van der Waals surface area contributed by atoms with Gasteiger partial charge in [0.1, 0.15) is 34.4 Å². The number of imidazole rings is 3. The Morgan fingerprint density at radius 1 is 0.643 bits per heavy atom. The number of amides is 7. The molecule has 8 rings (SSSR count). The number of anilines is 3. The van der Waals surface area contributed by atoms with Crippen molar-refractivity contribution in [1.29, 1.82) is 0 Å². The van der Waals surface area contributed by atoms with E-state index < -0.39 is 0 Å². The van der Waals surface area contributed by atoms with Crippen LogP contribution in [-0.4, -0.2) is 133 Å². The van der Waals surface area contributed by atoms with E-state index in [4.69, 9.17) is 0 Å². The van der Waals surface area contributed by atoms with Gasteiger partial charge in [0.15, 0.2) is 29.1 Å². The summed E-state index contributed by atoms with van der Waals surface area (Å²) < 4.78 is 8.86. The van der Waals surface area contributed by atoms with Gasteiger partial charge in [-0.1, -0.05) is 0 Å². The third kappa shape index (κ3) is 14.1. The molecule has 26 nitrogen and oxygen atoms in total. The average Bonchev–Trinajstić information content (AvgIpc) is 4.14. The molecule has 0 bridgehead atoms. The number of rotatable bonds is 9. The molecule has 70 heavy (non-hydrogen) atoms. The van der Waals surface area contributed by atoms with Crippen molar-refractivity contribution in [3.63, 3.8) is 0 Å². The first-order chi connectivity index (χ1) is 33.4. The highest BCUT2D eigenvalue weighted by Crippen LogP contribution is 2.21. The lowest BCUT2D eigenvalue weighted by Gasteiger charge is -2.10. The molecule has 8 aromatic rings.